The molecule has 264 valence electrons. The van der Waals surface area contributed by atoms with Gasteiger partial charge in [0.2, 0.25) is 15.9 Å². The number of fused-ring (bicyclic) bond motifs is 1. The molecule has 2 N–H and O–H groups in total. The van der Waals surface area contributed by atoms with Crippen molar-refractivity contribution in [1.29, 1.82) is 0 Å². The molecule has 0 bridgehead atoms. The number of hydrogen-bond donors (Lipinski definition) is 2. The second-order valence-electron chi connectivity index (χ2n) is 12.9. The van der Waals surface area contributed by atoms with E-state index < -0.39 is 22.2 Å². The summed E-state index contributed by atoms with van der Waals surface area (Å²) in [6.07, 6.45) is 2.50. The quantitative estimate of drug-likeness (QED) is 0.359. The van der Waals surface area contributed by atoms with Gasteiger partial charge in [-0.2, -0.15) is 4.31 Å². The average molecular weight is 680 g/mol. The first-order chi connectivity index (χ1) is 22.1. The lowest BCUT2D eigenvalue weighted by Gasteiger charge is -2.35. The van der Waals surface area contributed by atoms with Crippen molar-refractivity contribution in [3.05, 3.63) is 35.2 Å². The number of aliphatic hydroxyl groups is 1. The van der Waals surface area contributed by atoms with Crippen molar-refractivity contribution >= 4 is 27.5 Å². The number of amides is 2. The molecule has 3 rings (SSSR count). The van der Waals surface area contributed by atoms with Gasteiger partial charge in [0.1, 0.15) is 16.3 Å². The number of rotatable bonds is 11. The number of nitrogens with zero attached hydrogens (tertiary/aromatic N) is 4. The lowest BCUT2D eigenvalue weighted by Crippen LogP contribution is -2.48. The third-order valence-corrected chi connectivity index (χ3v) is 10.5. The summed E-state index contributed by atoms with van der Waals surface area (Å²) in [5.74, 6) is -0.259. The smallest absolute Gasteiger partial charge is 0.258 e. The normalized spacial score (nSPS) is 20.9. The van der Waals surface area contributed by atoms with Crippen LogP contribution in [-0.2, 0) is 19.6 Å². The molecule has 1 aromatic carbocycles. The predicted molar refractivity (Wildman–Crippen MR) is 179 cm³/mol. The molecule has 2 heterocycles. The van der Waals surface area contributed by atoms with E-state index in [0.717, 1.165) is 19.4 Å². The first-order valence-corrected chi connectivity index (χ1v) is 17.8. The lowest BCUT2D eigenvalue weighted by molar-refractivity contribution is -0.116. The molecule has 0 radical (unpaired) electrons. The standard InChI is InChI=1S/C33H53N5O8S/c1-22-19-38(23(2)21-39)33(41)28-18-27(34-31(40)13-11-16-36(6)7)14-15-29(28)45-24(3)12-9-10-17-44-30(22)20-37(8)47(42,43)32-25(4)35-46-26(32)5/h14-15,18,22-24,30,39H,9-13,16-17,19-21H2,1-8H3,(H,34,40)/t22-,23+,24-,30-/m1/s1. The summed E-state index contributed by atoms with van der Waals surface area (Å²) in [5.41, 5.74) is 1.02. The molecule has 14 heteroatoms. The van der Waals surface area contributed by atoms with Gasteiger partial charge in [-0.25, -0.2) is 8.42 Å². The molecule has 0 unspecified atom stereocenters. The zero-order chi connectivity index (χ0) is 34.9. The van der Waals surface area contributed by atoms with E-state index in [1.54, 1.807) is 43.9 Å². The van der Waals surface area contributed by atoms with Gasteiger partial charge in [-0.05, 0) is 92.2 Å². The van der Waals surface area contributed by atoms with Crippen LogP contribution in [0.25, 0.3) is 0 Å². The fourth-order valence-corrected chi connectivity index (χ4v) is 7.06. The summed E-state index contributed by atoms with van der Waals surface area (Å²) in [7, 11) is 1.46. The second kappa shape index (κ2) is 17.4. The maximum atomic E-state index is 14.3. The minimum Gasteiger partial charge on any atom is -0.490 e. The van der Waals surface area contributed by atoms with Crippen LogP contribution in [0.3, 0.4) is 0 Å². The number of aryl methyl sites for hydroxylation is 2. The third-order valence-electron chi connectivity index (χ3n) is 8.42. The third kappa shape index (κ3) is 10.5. The number of aromatic nitrogens is 1. The van der Waals surface area contributed by atoms with Crippen LogP contribution in [0, 0.1) is 19.8 Å². The van der Waals surface area contributed by atoms with E-state index >= 15 is 0 Å². The van der Waals surface area contributed by atoms with Crippen LogP contribution >= 0.6 is 0 Å². The summed E-state index contributed by atoms with van der Waals surface area (Å²) in [6, 6.07) is 4.49. The van der Waals surface area contributed by atoms with Gasteiger partial charge in [-0.3, -0.25) is 9.59 Å². The Bertz CT molecular complexity index is 1430. The molecule has 47 heavy (non-hydrogen) atoms. The highest BCUT2D eigenvalue weighted by atomic mass is 32.2. The van der Waals surface area contributed by atoms with Gasteiger partial charge in [-0.1, -0.05) is 12.1 Å². The number of aliphatic hydroxyl groups excluding tert-OH is 1. The van der Waals surface area contributed by atoms with E-state index in [0.29, 0.717) is 37.3 Å². The van der Waals surface area contributed by atoms with Crippen molar-refractivity contribution in [2.75, 3.05) is 59.3 Å². The monoisotopic (exact) mass is 679 g/mol. The van der Waals surface area contributed by atoms with Crippen LogP contribution in [0.15, 0.2) is 27.6 Å². The largest absolute Gasteiger partial charge is 0.490 e. The molecule has 0 saturated carbocycles. The first kappa shape index (κ1) is 38.4. The number of benzene rings is 1. The van der Waals surface area contributed by atoms with Crippen LogP contribution in [-0.4, -0.2) is 117 Å². The Balaban J connectivity index is 1.94. The van der Waals surface area contributed by atoms with E-state index in [9.17, 15) is 23.1 Å². The fourth-order valence-electron chi connectivity index (χ4n) is 5.59. The number of likely N-dealkylation sites (N-methyl/N-ethyl adjacent to an activating group) is 1. The minimum absolute atomic E-state index is 0.0310. The number of anilines is 1. The number of carbonyl (C=O) groups is 2. The number of sulfonamides is 1. The van der Waals surface area contributed by atoms with Gasteiger partial charge >= 0.3 is 0 Å². The molecule has 0 saturated heterocycles. The van der Waals surface area contributed by atoms with Gasteiger partial charge in [0.05, 0.1) is 30.4 Å². The topological polar surface area (TPSA) is 155 Å². The Morgan fingerprint density at radius 1 is 1.19 bits per heavy atom. The van der Waals surface area contributed by atoms with Crippen molar-refractivity contribution in [1.82, 2.24) is 19.3 Å². The summed E-state index contributed by atoms with van der Waals surface area (Å²) < 4.78 is 46.0. The average Bonchev–Trinajstić information content (AvgIpc) is 3.36. The molecular weight excluding hydrogens is 626 g/mol. The molecule has 0 spiro atoms. The van der Waals surface area contributed by atoms with Crippen molar-refractivity contribution in [3.8, 4) is 5.75 Å². The second-order valence-corrected chi connectivity index (χ2v) is 14.9. The van der Waals surface area contributed by atoms with Gasteiger partial charge in [0.25, 0.3) is 5.91 Å². The van der Waals surface area contributed by atoms with Crippen LogP contribution in [0.4, 0.5) is 5.69 Å². The van der Waals surface area contributed by atoms with Gasteiger partial charge in [0, 0.05) is 44.8 Å². The highest BCUT2D eigenvalue weighted by Crippen LogP contribution is 2.29. The summed E-state index contributed by atoms with van der Waals surface area (Å²) in [5, 5.41) is 16.9. The summed E-state index contributed by atoms with van der Waals surface area (Å²) in [6.45, 7) is 9.82. The maximum absolute atomic E-state index is 14.3. The Labute approximate surface area is 279 Å². The number of nitrogens with one attached hydrogen (secondary N) is 1. The van der Waals surface area contributed by atoms with Crippen molar-refractivity contribution in [2.24, 2.45) is 5.92 Å². The zero-order valence-electron chi connectivity index (χ0n) is 29.1. The SMILES string of the molecule is Cc1noc(C)c1S(=O)(=O)N(C)C[C@H]1OCCCC[C@@H](C)Oc2ccc(NC(=O)CCCN(C)C)cc2C(=O)N([C@@H](C)CO)C[C@H]1C. The molecule has 4 atom stereocenters. The van der Waals surface area contributed by atoms with Crippen LogP contribution in [0.1, 0.15) is 74.7 Å². The van der Waals surface area contributed by atoms with Crippen molar-refractivity contribution < 1.29 is 37.1 Å². The van der Waals surface area contributed by atoms with Crippen molar-refractivity contribution in [2.45, 2.75) is 89.9 Å². The van der Waals surface area contributed by atoms with Crippen LogP contribution in [0.5, 0.6) is 5.75 Å². The van der Waals surface area contributed by atoms with E-state index in [-0.39, 0.29) is 65.4 Å². The Morgan fingerprint density at radius 3 is 2.55 bits per heavy atom. The molecule has 1 aromatic heterocycles. The molecule has 1 aliphatic rings. The Hall–Kier alpha value is -3.04. The van der Waals surface area contributed by atoms with E-state index in [2.05, 4.69) is 10.5 Å². The number of ether oxygens (including phenoxy) is 2. The molecule has 0 fully saturated rings. The molecule has 2 aromatic rings. The van der Waals surface area contributed by atoms with E-state index in [1.165, 1.54) is 11.4 Å². The highest BCUT2D eigenvalue weighted by molar-refractivity contribution is 7.89. The number of carbonyl (C=O) groups excluding carboxylic acids is 2. The van der Waals surface area contributed by atoms with E-state index in [1.807, 2.05) is 32.8 Å². The zero-order valence-corrected chi connectivity index (χ0v) is 29.9. The minimum atomic E-state index is -3.94. The molecular formula is C33H53N5O8S. The first-order valence-electron chi connectivity index (χ1n) is 16.3. The van der Waals surface area contributed by atoms with Crippen LogP contribution < -0.4 is 10.1 Å². The maximum Gasteiger partial charge on any atom is 0.258 e. The summed E-state index contributed by atoms with van der Waals surface area (Å²) >= 11 is 0. The molecule has 13 nitrogen and oxygen atoms in total. The van der Waals surface area contributed by atoms with Gasteiger partial charge in [0.15, 0.2) is 5.76 Å². The van der Waals surface area contributed by atoms with Crippen LogP contribution in [0.2, 0.25) is 0 Å². The van der Waals surface area contributed by atoms with Crippen molar-refractivity contribution in [3.63, 3.8) is 0 Å². The molecule has 0 aliphatic carbocycles. The molecule has 2 amide bonds. The van der Waals surface area contributed by atoms with Gasteiger partial charge in [-0.15, -0.1) is 0 Å². The lowest BCUT2D eigenvalue weighted by atomic mass is 10.0. The predicted octanol–water partition coefficient (Wildman–Crippen LogP) is 3.69. The fraction of sp³-hybridized carbons (Fsp3) is 0.667. The molecule has 1 aliphatic heterocycles. The van der Waals surface area contributed by atoms with Gasteiger partial charge < -0.3 is 34.2 Å². The summed E-state index contributed by atoms with van der Waals surface area (Å²) in [4.78, 5) is 30.6. The van der Waals surface area contributed by atoms with E-state index in [4.69, 9.17) is 14.0 Å². The highest BCUT2D eigenvalue weighted by Gasteiger charge is 2.34. The Morgan fingerprint density at radius 2 is 1.91 bits per heavy atom. The Kier molecular flexibility index (Phi) is 14.2. The number of hydrogen-bond acceptors (Lipinski definition) is 10.